The highest BCUT2D eigenvalue weighted by Gasteiger charge is 2.17. The maximum absolute atomic E-state index is 6.37. The van der Waals surface area contributed by atoms with E-state index in [-0.39, 0.29) is 6.04 Å². The number of aromatic nitrogens is 2. The first-order valence-corrected chi connectivity index (χ1v) is 7.14. The lowest BCUT2D eigenvalue weighted by Gasteiger charge is -2.15. The number of nitrogens with two attached hydrogens (primary N) is 1. The third-order valence-electron chi connectivity index (χ3n) is 3.38. The van der Waals surface area contributed by atoms with Gasteiger partial charge in [-0.05, 0) is 37.1 Å². The summed E-state index contributed by atoms with van der Waals surface area (Å²) in [6, 6.07) is 7.44. The van der Waals surface area contributed by atoms with Gasteiger partial charge in [-0.15, -0.1) is 0 Å². The van der Waals surface area contributed by atoms with Crippen LogP contribution in [-0.4, -0.2) is 16.9 Å². The van der Waals surface area contributed by atoms with Gasteiger partial charge < -0.3 is 10.5 Å². The van der Waals surface area contributed by atoms with E-state index in [2.05, 4.69) is 25.0 Å². The molecule has 5 heteroatoms. The van der Waals surface area contributed by atoms with E-state index >= 15 is 0 Å². The van der Waals surface area contributed by atoms with Crippen LogP contribution in [0.25, 0.3) is 0 Å². The van der Waals surface area contributed by atoms with Crippen molar-refractivity contribution < 1.29 is 4.74 Å². The molecule has 0 saturated heterocycles. The Bertz CT molecular complexity index is 595. The Kier molecular flexibility index (Phi) is 4.68. The first kappa shape index (κ1) is 14.9. The number of nitrogens with zero attached hydrogens (tertiary/aromatic N) is 2. The Morgan fingerprint density at radius 1 is 1.35 bits per heavy atom. The molecule has 0 amide bonds. The van der Waals surface area contributed by atoms with Gasteiger partial charge in [0.15, 0.2) is 0 Å². The summed E-state index contributed by atoms with van der Waals surface area (Å²) < 4.78 is 7.19. The molecule has 0 aliphatic rings. The lowest BCUT2D eigenvalue weighted by atomic mass is 10.0. The molecule has 1 atom stereocenters. The van der Waals surface area contributed by atoms with Crippen LogP contribution in [0.15, 0.2) is 24.3 Å². The Morgan fingerprint density at radius 3 is 2.70 bits per heavy atom. The Morgan fingerprint density at radius 2 is 2.10 bits per heavy atom. The van der Waals surface area contributed by atoms with Crippen molar-refractivity contribution in [2.45, 2.75) is 32.9 Å². The van der Waals surface area contributed by atoms with Crippen molar-refractivity contribution in [2.75, 3.05) is 7.11 Å². The summed E-state index contributed by atoms with van der Waals surface area (Å²) in [5.74, 6) is 0.637. The topological polar surface area (TPSA) is 53.1 Å². The van der Waals surface area contributed by atoms with Crippen molar-refractivity contribution >= 4 is 11.6 Å². The van der Waals surface area contributed by atoms with Gasteiger partial charge in [-0.2, -0.15) is 5.10 Å². The van der Waals surface area contributed by atoms with Crippen molar-refractivity contribution in [1.82, 2.24) is 9.78 Å². The van der Waals surface area contributed by atoms with E-state index in [9.17, 15) is 0 Å². The fraction of sp³-hybridized carbons (Fsp3) is 0.400. The van der Waals surface area contributed by atoms with E-state index in [4.69, 9.17) is 22.1 Å². The first-order valence-electron chi connectivity index (χ1n) is 6.76. The molecule has 0 saturated carbocycles. The van der Waals surface area contributed by atoms with Gasteiger partial charge in [-0.3, -0.25) is 4.68 Å². The molecule has 1 aromatic carbocycles. The lowest BCUT2D eigenvalue weighted by molar-refractivity contribution is 0.414. The second-order valence-electron chi connectivity index (χ2n) is 4.60. The van der Waals surface area contributed by atoms with Crippen LogP contribution in [0.3, 0.4) is 0 Å². The molecule has 0 spiro atoms. The van der Waals surface area contributed by atoms with Crippen LogP contribution in [0.4, 0.5) is 0 Å². The average molecular weight is 294 g/mol. The average Bonchev–Trinajstić information content (AvgIpc) is 2.90. The summed E-state index contributed by atoms with van der Waals surface area (Å²) in [6.45, 7) is 4.95. The van der Waals surface area contributed by atoms with Gasteiger partial charge in [0.2, 0.25) is 0 Å². The molecule has 0 bridgehead atoms. The Labute approximate surface area is 124 Å². The van der Waals surface area contributed by atoms with Crippen molar-refractivity contribution in [3.8, 4) is 5.75 Å². The summed E-state index contributed by atoms with van der Waals surface area (Å²) in [5.41, 5.74) is 9.40. The lowest BCUT2D eigenvalue weighted by Crippen LogP contribution is -2.17. The molecular weight excluding hydrogens is 274 g/mol. The molecule has 0 radical (unpaired) electrons. The van der Waals surface area contributed by atoms with E-state index in [1.54, 1.807) is 7.11 Å². The van der Waals surface area contributed by atoms with Gasteiger partial charge in [0.05, 0.1) is 29.6 Å². The number of rotatable bonds is 5. The van der Waals surface area contributed by atoms with E-state index in [0.29, 0.717) is 10.8 Å². The third-order valence-corrected chi connectivity index (χ3v) is 3.69. The summed E-state index contributed by atoms with van der Waals surface area (Å²) in [6.07, 6.45) is 0.899. The molecule has 0 aliphatic carbocycles. The van der Waals surface area contributed by atoms with E-state index in [1.807, 2.05) is 22.9 Å². The highest BCUT2D eigenvalue weighted by atomic mass is 35.5. The fourth-order valence-electron chi connectivity index (χ4n) is 2.20. The molecule has 1 unspecified atom stereocenters. The SMILES string of the molecule is CCc1cc(C(N)c2ccc(Cl)c(OC)c2)n(CC)n1. The van der Waals surface area contributed by atoms with Crippen LogP contribution >= 0.6 is 11.6 Å². The number of methoxy groups -OCH3 is 1. The third kappa shape index (κ3) is 2.81. The molecule has 0 fully saturated rings. The van der Waals surface area contributed by atoms with Gasteiger partial charge >= 0.3 is 0 Å². The first-order chi connectivity index (χ1) is 9.60. The van der Waals surface area contributed by atoms with Crippen LogP contribution in [0.1, 0.15) is 36.8 Å². The van der Waals surface area contributed by atoms with Gasteiger partial charge in [-0.25, -0.2) is 0 Å². The zero-order valence-corrected chi connectivity index (χ0v) is 12.8. The van der Waals surface area contributed by atoms with Crippen molar-refractivity contribution in [1.29, 1.82) is 0 Å². The van der Waals surface area contributed by atoms with Crippen molar-refractivity contribution in [3.05, 3.63) is 46.2 Å². The molecule has 2 rings (SSSR count). The highest BCUT2D eigenvalue weighted by molar-refractivity contribution is 6.32. The predicted octanol–water partition coefficient (Wildman–Crippen LogP) is 3.18. The molecule has 2 N–H and O–H groups in total. The molecule has 108 valence electrons. The van der Waals surface area contributed by atoms with E-state index in [0.717, 1.165) is 29.9 Å². The van der Waals surface area contributed by atoms with Gasteiger partial charge in [0, 0.05) is 6.54 Å². The number of hydrogen-bond acceptors (Lipinski definition) is 3. The van der Waals surface area contributed by atoms with Gasteiger partial charge in [0.25, 0.3) is 0 Å². The summed E-state index contributed by atoms with van der Waals surface area (Å²) in [7, 11) is 1.60. The molecule has 4 nitrogen and oxygen atoms in total. The Balaban J connectivity index is 2.40. The second kappa shape index (κ2) is 6.29. The maximum atomic E-state index is 6.37. The van der Waals surface area contributed by atoms with E-state index in [1.165, 1.54) is 0 Å². The van der Waals surface area contributed by atoms with Crippen LogP contribution in [-0.2, 0) is 13.0 Å². The minimum absolute atomic E-state index is 0.242. The Hall–Kier alpha value is -1.52. The number of aryl methyl sites for hydroxylation is 2. The largest absolute Gasteiger partial charge is 0.495 e. The van der Waals surface area contributed by atoms with Gasteiger partial charge in [-0.1, -0.05) is 24.6 Å². The molecular formula is C15H20ClN3O. The van der Waals surface area contributed by atoms with Crippen LogP contribution < -0.4 is 10.5 Å². The normalized spacial score (nSPS) is 12.4. The standard InChI is InChI=1S/C15H20ClN3O/c1-4-11-9-13(19(5-2)18-11)15(17)10-6-7-12(16)14(8-10)20-3/h6-9,15H,4-5,17H2,1-3H3. The summed E-state index contributed by atoms with van der Waals surface area (Å²) in [5, 5.41) is 5.12. The molecule has 1 aromatic heterocycles. The maximum Gasteiger partial charge on any atom is 0.137 e. The van der Waals surface area contributed by atoms with Crippen LogP contribution in [0.5, 0.6) is 5.75 Å². The second-order valence-corrected chi connectivity index (χ2v) is 5.01. The minimum Gasteiger partial charge on any atom is -0.495 e. The predicted molar refractivity (Wildman–Crippen MR) is 81.3 cm³/mol. The van der Waals surface area contributed by atoms with Crippen LogP contribution in [0.2, 0.25) is 5.02 Å². The number of halogens is 1. The highest BCUT2D eigenvalue weighted by Crippen LogP contribution is 2.29. The zero-order valence-electron chi connectivity index (χ0n) is 12.1. The number of benzene rings is 1. The molecule has 20 heavy (non-hydrogen) atoms. The quantitative estimate of drug-likeness (QED) is 0.921. The van der Waals surface area contributed by atoms with E-state index < -0.39 is 0 Å². The molecule has 0 aliphatic heterocycles. The molecule has 2 aromatic rings. The smallest absolute Gasteiger partial charge is 0.137 e. The summed E-state index contributed by atoms with van der Waals surface area (Å²) >= 11 is 6.05. The van der Waals surface area contributed by atoms with Gasteiger partial charge in [0.1, 0.15) is 5.75 Å². The minimum atomic E-state index is -0.242. The molecule has 1 heterocycles. The monoisotopic (exact) mass is 293 g/mol. The summed E-state index contributed by atoms with van der Waals surface area (Å²) in [4.78, 5) is 0. The van der Waals surface area contributed by atoms with Crippen molar-refractivity contribution in [3.63, 3.8) is 0 Å². The van der Waals surface area contributed by atoms with Crippen LogP contribution in [0, 0.1) is 0 Å². The number of ether oxygens (including phenoxy) is 1. The fourth-order valence-corrected chi connectivity index (χ4v) is 2.40. The number of hydrogen-bond donors (Lipinski definition) is 1. The van der Waals surface area contributed by atoms with Crippen molar-refractivity contribution in [2.24, 2.45) is 5.73 Å². The zero-order chi connectivity index (χ0) is 14.7.